The smallest absolute Gasteiger partial charge is 0.127 e. The van der Waals surface area contributed by atoms with Crippen molar-refractivity contribution in [2.75, 3.05) is 6.61 Å². The summed E-state index contributed by atoms with van der Waals surface area (Å²) < 4.78 is 6.98. The van der Waals surface area contributed by atoms with Crippen LogP contribution in [0.2, 0.25) is 16.6 Å². The van der Waals surface area contributed by atoms with Crippen LogP contribution >= 0.6 is 11.6 Å². The predicted octanol–water partition coefficient (Wildman–Crippen LogP) is 6.25. The molecule has 0 aromatic heterocycles. The van der Waals surface area contributed by atoms with E-state index in [9.17, 15) is 0 Å². The molecule has 0 saturated heterocycles. The SMILES string of the molecule is CC(C)[Si](/C(Cl)=C1\COc2ccccc21)(C(C)C)C(C)C. The number of halogens is 1. The van der Waals surface area contributed by atoms with Crippen LogP contribution in [0.25, 0.3) is 5.57 Å². The first-order chi connectivity index (χ1) is 9.83. The van der Waals surface area contributed by atoms with E-state index >= 15 is 0 Å². The van der Waals surface area contributed by atoms with E-state index < -0.39 is 8.07 Å². The van der Waals surface area contributed by atoms with Gasteiger partial charge in [-0.3, -0.25) is 0 Å². The first-order valence-electron chi connectivity index (χ1n) is 7.94. The zero-order chi connectivity index (χ0) is 15.8. The van der Waals surface area contributed by atoms with Crippen LogP contribution < -0.4 is 4.74 Å². The topological polar surface area (TPSA) is 9.23 Å². The second kappa shape index (κ2) is 6.17. The minimum absolute atomic E-state index is 0.616. The first-order valence-corrected chi connectivity index (χ1v) is 10.6. The molecule has 0 saturated carbocycles. The Balaban J connectivity index is 2.64. The van der Waals surface area contributed by atoms with E-state index in [-0.39, 0.29) is 0 Å². The maximum Gasteiger partial charge on any atom is 0.127 e. The number of benzene rings is 1. The average Bonchev–Trinajstić information content (AvgIpc) is 2.81. The molecule has 0 fully saturated rings. The van der Waals surface area contributed by atoms with Crippen molar-refractivity contribution in [3.05, 3.63) is 34.5 Å². The molecule has 0 amide bonds. The van der Waals surface area contributed by atoms with Crippen LogP contribution in [0.15, 0.2) is 28.9 Å². The Bertz CT molecular complexity index is 524. The lowest BCUT2D eigenvalue weighted by molar-refractivity contribution is 0.388. The zero-order valence-electron chi connectivity index (χ0n) is 14.0. The van der Waals surface area contributed by atoms with Crippen LogP contribution in [-0.2, 0) is 0 Å². The van der Waals surface area contributed by atoms with Gasteiger partial charge in [-0.2, -0.15) is 0 Å². The van der Waals surface area contributed by atoms with Crippen molar-refractivity contribution in [1.82, 2.24) is 0 Å². The Kier molecular flexibility index (Phi) is 4.89. The summed E-state index contributed by atoms with van der Waals surface area (Å²) in [6, 6.07) is 8.27. The number of fused-ring (bicyclic) bond motifs is 1. The van der Waals surface area contributed by atoms with Crippen LogP contribution in [0, 0.1) is 0 Å². The molecular weight excluding hydrogens is 296 g/mol. The van der Waals surface area contributed by atoms with Gasteiger partial charge in [-0.15, -0.1) is 0 Å². The standard InChI is InChI=1S/C18H27ClOSi/c1-12(2)21(13(3)4,14(5)6)18(19)16-11-20-17-10-8-7-9-15(16)17/h7-10,12-14H,11H2,1-6H3/b18-16+. The van der Waals surface area contributed by atoms with Crippen LogP contribution in [0.5, 0.6) is 5.75 Å². The summed E-state index contributed by atoms with van der Waals surface area (Å²) in [5, 5.41) is 0. The average molecular weight is 323 g/mol. The molecule has 1 nitrogen and oxygen atoms in total. The van der Waals surface area contributed by atoms with Gasteiger partial charge in [0.15, 0.2) is 0 Å². The Hall–Kier alpha value is -0.733. The van der Waals surface area contributed by atoms with Gasteiger partial charge in [-0.25, -0.2) is 0 Å². The number of ether oxygens (including phenoxy) is 1. The highest BCUT2D eigenvalue weighted by Crippen LogP contribution is 2.51. The van der Waals surface area contributed by atoms with Crippen molar-refractivity contribution in [2.24, 2.45) is 0 Å². The monoisotopic (exact) mass is 322 g/mol. The van der Waals surface area contributed by atoms with Crippen LogP contribution in [0.1, 0.15) is 47.1 Å². The minimum atomic E-state index is -1.80. The van der Waals surface area contributed by atoms with Gasteiger partial charge >= 0.3 is 0 Å². The summed E-state index contributed by atoms with van der Waals surface area (Å²) >= 11 is 7.08. The molecule has 1 aromatic carbocycles. The molecule has 0 radical (unpaired) electrons. The highest BCUT2D eigenvalue weighted by Gasteiger charge is 2.47. The third-order valence-corrected chi connectivity index (χ3v) is 13.1. The molecular formula is C18H27ClOSi. The van der Waals surface area contributed by atoms with Gasteiger partial charge in [-0.1, -0.05) is 71.3 Å². The van der Waals surface area contributed by atoms with Gasteiger partial charge in [0, 0.05) is 15.8 Å². The molecule has 0 spiro atoms. The van der Waals surface area contributed by atoms with E-state index in [1.54, 1.807) is 0 Å². The summed E-state index contributed by atoms with van der Waals surface area (Å²) in [5.74, 6) is 0.977. The second-order valence-corrected chi connectivity index (χ2v) is 13.5. The molecule has 2 rings (SSSR count). The minimum Gasteiger partial charge on any atom is -0.488 e. The summed E-state index contributed by atoms with van der Waals surface area (Å²) in [5.41, 5.74) is 4.28. The fourth-order valence-electron chi connectivity index (χ4n) is 4.27. The Labute approximate surface area is 135 Å². The van der Waals surface area contributed by atoms with Gasteiger partial charge in [0.05, 0.1) is 0 Å². The quantitative estimate of drug-likeness (QED) is 0.595. The number of hydrogen-bond donors (Lipinski definition) is 0. The van der Waals surface area contributed by atoms with Crippen molar-refractivity contribution in [3.8, 4) is 5.75 Å². The molecule has 21 heavy (non-hydrogen) atoms. The zero-order valence-corrected chi connectivity index (χ0v) is 15.8. The van der Waals surface area contributed by atoms with Crippen molar-refractivity contribution >= 4 is 25.2 Å². The Morgan fingerprint density at radius 3 is 2.05 bits per heavy atom. The van der Waals surface area contributed by atoms with E-state index in [1.165, 1.54) is 11.1 Å². The summed E-state index contributed by atoms with van der Waals surface area (Å²) in [6.07, 6.45) is 0. The number of hydrogen-bond acceptors (Lipinski definition) is 1. The maximum atomic E-state index is 7.08. The number of para-hydroxylation sites is 1. The number of rotatable bonds is 4. The summed E-state index contributed by atoms with van der Waals surface area (Å²) in [7, 11) is -1.80. The molecule has 1 heterocycles. The van der Waals surface area contributed by atoms with Crippen molar-refractivity contribution in [2.45, 2.75) is 58.2 Å². The van der Waals surface area contributed by atoms with Gasteiger partial charge < -0.3 is 4.74 Å². The van der Waals surface area contributed by atoms with Gasteiger partial charge in [0.1, 0.15) is 20.4 Å². The van der Waals surface area contributed by atoms with E-state index in [2.05, 4.69) is 53.7 Å². The Morgan fingerprint density at radius 1 is 1.00 bits per heavy atom. The predicted molar refractivity (Wildman–Crippen MR) is 95.8 cm³/mol. The van der Waals surface area contributed by atoms with Crippen LogP contribution in [0.3, 0.4) is 0 Å². The summed E-state index contributed by atoms with van der Waals surface area (Å²) in [4.78, 5) is 0. The van der Waals surface area contributed by atoms with E-state index in [0.29, 0.717) is 23.2 Å². The molecule has 1 aromatic rings. The van der Waals surface area contributed by atoms with Gasteiger partial charge in [0.25, 0.3) is 0 Å². The highest BCUT2D eigenvalue weighted by molar-refractivity contribution is 6.97. The fourth-order valence-corrected chi connectivity index (χ4v) is 12.6. The lowest BCUT2D eigenvalue weighted by Crippen LogP contribution is -2.46. The third kappa shape index (κ3) is 2.57. The lowest BCUT2D eigenvalue weighted by atomic mass is 10.1. The lowest BCUT2D eigenvalue weighted by Gasteiger charge is -2.43. The Morgan fingerprint density at radius 2 is 1.52 bits per heavy atom. The third-order valence-electron chi connectivity index (χ3n) is 5.10. The largest absolute Gasteiger partial charge is 0.488 e. The van der Waals surface area contributed by atoms with Crippen molar-refractivity contribution < 1.29 is 4.74 Å². The van der Waals surface area contributed by atoms with E-state index in [1.807, 2.05) is 12.1 Å². The molecule has 1 aliphatic heterocycles. The van der Waals surface area contributed by atoms with Crippen LogP contribution in [0.4, 0.5) is 0 Å². The van der Waals surface area contributed by atoms with Crippen LogP contribution in [-0.4, -0.2) is 14.7 Å². The van der Waals surface area contributed by atoms with E-state index in [0.717, 1.165) is 10.4 Å². The molecule has 116 valence electrons. The van der Waals surface area contributed by atoms with Crippen molar-refractivity contribution in [1.29, 1.82) is 0 Å². The molecule has 1 aliphatic rings. The first kappa shape index (κ1) is 16.6. The fraction of sp³-hybridized carbons (Fsp3) is 0.556. The molecule has 3 heteroatoms. The molecule has 0 unspecified atom stereocenters. The van der Waals surface area contributed by atoms with Gasteiger partial charge in [-0.05, 0) is 22.7 Å². The normalized spacial score (nSPS) is 17.4. The molecule has 0 aliphatic carbocycles. The molecule has 0 bridgehead atoms. The summed E-state index contributed by atoms with van der Waals surface area (Å²) in [6.45, 7) is 14.7. The molecule has 0 N–H and O–H groups in total. The molecule has 0 atom stereocenters. The maximum absolute atomic E-state index is 7.08. The van der Waals surface area contributed by atoms with Crippen molar-refractivity contribution in [3.63, 3.8) is 0 Å². The van der Waals surface area contributed by atoms with Gasteiger partial charge in [0.2, 0.25) is 0 Å². The highest BCUT2D eigenvalue weighted by atomic mass is 35.5. The second-order valence-electron chi connectivity index (χ2n) is 6.97. The van der Waals surface area contributed by atoms with E-state index in [4.69, 9.17) is 16.3 Å².